The molecular formula is C10H18F2N2O3. The zero-order chi connectivity index (χ0) is 12.7. The second-order valence-corrected chi connectivity index (χ2v) is 3.82. The summed E-state index contributed by atoms with van der Waals surface area (Å²) in [6.07, 6.45) is -2.45. The van der Waals surface area contributed by atoms with Crippen LogP contribution in [-0.4, -0.2) is 57.9 Å². The number of ether oxygens (including phenoxy) is 2. The molecule has 2 N–H and O–H groups in total. The van der Waals surface area contributed by atoms with Crippen LogP contribution < -0.4 is 10.6 Å². The number of alkyl halides is 2. The fourth-order valence-corrected chi connectivity index (χ4v) is 1.66. The summed E-state index contributed by atoms with van der Waals surface area (Å²) in [5.74, 6) is -0.213. The molecule has 1 aliphatic heterocycles. The van der Waals surface area contributed by atoms with Crippen molar-refractivity contribution < 1.29 is 23.0 Å². The van der Waals surface area contributed by atoms with E-state index in [2.05, 4.69) is 15.4 Å². The van der Waals surface area contributed by atoms with Crippen LogP contribution in [0.25, 0.3) is 0 Å². The maximum Gasteiger partial charge on any atom is 0.261 e. The molecule has 0 spiro atoms. The van der Waals surface area contributed by atoms with E-state index < -0.39 is 13.0 Å². The highest BCUT2D eigenvalue weighted by atomic mass is 19.3. The number of hydrogen-bond acceptors (Lipinski definition) is 4. The molecule has 1 rings (SSSR count). The number of methoxy groups -OCH3 is 1. The smallest absolute Gasteiger partial charge is 0.261 e. The van der Waals surface area contributed by atoms with E-state index in [0.29, 0.717) is 13.1 Å². The lowest BCUT2D eigenvalue weighted by atomic mass is 10.2. The van der Waals surface area contributed by atoms with Crippen LogP contribution in [0.2, 0.25) is 0 Å². The van der Waals surface area contributed by atoms with E-state index in [1.165, 1.54) is 0 Å². The predicted octanol–water partition coefficient (Wildman–Crippen LogP) is -0.239. The number of carbonyl (C=O) groups is 1. The topological polar surface area (TPSA) is 59.6 Å². The van der Waals surface area contributed by atoms with Gasteiger partial charge in [0.2, 0.25) is 5.91 Å². The molecule has 0 aromatic heterocycles. The first-order chi connectivity index (χ1) is 8.13. The highest BCUT2D eigenvalue weighted by molar-refractivity contribution is 5.76. The minimum Gasteiger partial charge on any atom is -0.378 e. The van der Waals surface area contributed by atoms with E-state index in [1.54, 1.807) is 7.11 Å². The average molecular weight is 252 g/mol. The number of carbonyl (C=O) groups excluding carboxylic acids is 1. The van der Waals surface area contributed by atoms with Crippen LogP contribution in [0, 0.1) is 0 Å². The summed E-state index contributed by atoms with van der Waals surface area (Å²) in [4.78, 5) is 11.4. The Kier molecular flexibility index (Phi) is 6.31. The van der Waals surface area contributed by atoms with E-state index in [4.69, 9.17) is 4.74 Å². The molecule has 0 bridgehead atoms. The first-order valence-corrected chi connectivity index (χ1v) is 5.52. The molecule has 17 heavy (non-hydrogen) atoms. The molecule has 1 saturated heterocycles. The van der Waals surface area contributed by atoms with Gasteiger partial charge in [-0.05, 0) is 0 Å². The van der Waals surface area contributed by atoms with Gasteiger partial charge in [-0.2, -0.15) is 0 Å². The highest BCUT2D eigenvalue weighted by Gasteiger charge is 2.27. The monoisotopic (exact) mass is 252 g/mol. The van der Waals surface area contributed by atoms with Gasteiger partial charge in [0.25, 0.3) is 6.43 Å². The summed E-state index contributed by atoms with van der Waals surface area (Å²) in [5, 5.41) is 5.86. The summed E-state index contributed by atoms with van der Waals surface area (Å²) < 4.78 is 33.3. The molecule has 0 aromatic rings. The molecule has 2 atom stereocenters. The van der Waals surface area contributed by atoms with E-state index in [0.717, 1.165) is 0 Å². The molecule has 0 aromatic carbocycles. The van der Waals surface area contributed by atoms with Crippen molar-refractivity contribution in [3.8, 4) is 0 Å². The Morgan fingerprint density at radius 1 is 1.53 bits per heavy atom. The Hall–Kier alpha value is -0.790. The predicted molar refractivity (Wildman–Crippen MR) is 57.0 cm³/mol. The van der Waals surface area contributed by atoms with Crippen LogP contribution >= 0.6 is 0 Å². The summed E-state index contributed by atoms with van der Waals surface area (Å²) in [5.41, 5.74) is 0. The van der Waals surface area contributed by atoms with Crippen LogP contribution in [-0.2, 0) is 14.3 Å². The SMILES string of the molecule is CO[C@H]1CNCC1NC(=O)CCOCC(F)F. The second-order valence-electron chi connectivity index (χ2n) is 3.82. The van der Waals surface area contributed by atoms with E-state index >= 15 is 0 Å². The molecule has 0 radical (unpaired) electrons. The molecule has 1 unspecified atom stereocenters. The Labute approximate surface area is 98.8 Å². The van der Waals surface area contributed by atoms with Crippen molar-refractivity contribution in [3.63, 3.8) is 0 Å². The molecule has 1 amide bonds. The number of amides is 1. The van der Waals surface area contributed by atoms with Gasteiger partial charge in [-0.15, -0.1) is 0 Å². The van der Waals surface area contributed by atoms with Crippen LogP contribution in [0.4, 0.5) is 8.78 Å². The molecule has 0 aliphatic carbocycles. The summed E-state index contributed by atoms with van der Waals surface area (Å²) in [6, 6.07) is -0.0670. The van der Waals surface area contributed by atoms with Gasteiger partial charge in [-0.1, -0.05) is 0 Å². The highest BCUT2D eigenvalue weighted by Crippen LogP contribution is 2.03. The van der Waals surface area contributed by atoms with Gasteiger partial charge < -0.3 is 20.1 Å². The number of rotatable bonds is 7. The molecule has 5 nitrogen and oxygen atoms in total. The lowest BCUT2D eigenvalue weighted by Gasteiger charge is -2.18. The minimum absolute atomic E-state index is 0.00791. The zero-order valence-corrected chi connectivity index (χ0v) is 9.75. The Balaban J connectivity index is 2.12. The normalized spacial score (nSPS) is 24.2. The van der Waals surface area contributed by atoms with E-state index in [9.17, 15) is 13.6 Å². The van der Waals surface area contributed by atoms with Gasteiger partial charge in [-0.3, -0.25) is 4.79 Å². The van der Waals surface area contributed by atoms with Gasteiger partial charge in [0.1, 0.15) is 6.61 Å². The first-order valence-electron chi connectivity index (χ1n) is 5.52. The van der Waals surface area contributed by atoms with Crippen LogP contribution in [0.1, 0.15) is 6.42 Å². The first kappa shape index (κ1) is 14.3. The minimum atomic E-state index is -2.49. The summed E-state index contributed by atoms with van der Waals surface area (Å²) in [6.45, 7) is 0.735. The molecule has 7 heteroatoms. The van der Waals surface area contributed by atoms with Gasteiger partial charge in [-0.25, -0.2) is 8.78 Å². The number of hydrogen-bond donors (Lipinski definition) is 2. The van der Waals surface area contributed by atoms with Crippen molar-refractivity contribution in [3.05, 3.63) is 0 Å². The van der Waals surface area contributed by atoms with Crippen molar-refractivity contribution >= 4 is 5.91 Å². The third kappa shape index (κ3) is 5.38. The van der Waals surface area contributed by atoms with Crippen LogP contribution in [0.3, 0.4) is 0 Å². The average Bonchev–Trinajstić information content (AvgIpc) is 2.71. The van der Waals surface area contributed by atoms with E-state index in [1.807, 2.05) is 0 Å². The third-order valence-corrected chi connectivity index (χ3v) is 2.52. The summed E-state index contributed by atoms with van der Waals surface area (Å²) in [7, 11) is 1.59. The Morgan fingerprint density at radius 3 is 2.94 bits per heavy atom. The van der Waals surface area contributed by atoms with Crippen LogP contribution in [0.5, 0.6) is 0 Å². The molecular weight excluding hydrogens is 234 g/mol. The van der Waals surface area contributed by atoms with Crippen molar-refractivity contribution in [2.75, 3.05) is 33.4 Å². The molecule has 100 valence electrons. The maximum absolute atomic E-state index is 11.7. The fraction of sp³-hybridized carbons (Fsp3) is 0.900. The fourth-order valence-electron chi connectivity index (χ4n) is 1.66. The van der Waals surface area contributed by atoms with Gasteiger partial charge in [0.15, 0.2) is 0 Å². The Morgan fingerprint density at radius 2 is 2.29 bits per heavy atom. The Bertz CT molecular complexity index is 242. The number of halogens is 2. The quantitative estimate of drug-likeness (QED) is 0.614. The standard InChI is InChI=1S/C10H18F2N2O3/c1-16-8-5-13-4-7(8)14-10(15)2-3-17-6-9(11)12/h7-9,13H,2-6H2,1H3,(H,14,15)/t7?,8-/m0/s1. The van der Waals surface area contributed by atoms with Crippen LogP contribution in [0.15, 0.2) is 0 Å². The summed E-state index contributed by atoms with van der Waals surface area (Å²) >= 11 is 0. The van der Waals surface area contributed by atoms with Gasteiger partial charge in [0.05, 0.1) is 18.8 Å². The molecule has 0 saturated carbocycles. The largest absolute Gasteiger partial charge is 0.378 e. The van der Waals surface area contributed by atoms with E-state index in [-0.39, 0.29) is 31.1 Å². The van der Waals surface area contributed by atoms with Crippen molar-refractivity contribution in [1.82, 2.24) is 10.6 Å². The van der Waals surface area contributed by atoms with Crippen molar-refractivity contribution in [2.24, 2.45) is 0 Å². The molecule has 1 heterocycles. The van der Waals surface area contributed by atoms with Crippen molar-refractivity contribution in [2.45, 2.75) is 25.0 Å². The van der Waals surface area contributed by atoms with Gasteiger partial charge in [0, 0.05) is 26.6 Å². The number of nitrogens with one attached hydrogen (secondary N) is 2. The van der Waals surface area contributed by atoms with Crippen molar-refractivity contribution in [1.29, 1.82) is 0 Å². The maximum atomic E-state index is 11.7. The lowest BCUT2D eigenvalue weighted by molar-refractivity contribution is -0.123. The molecule has 1 aliphatic rings. The van der Waals surface area contributed by atoms with Gasteiger partial charge >= 0.3 is 0 Å². The molecule has 1 fully saturated rings. The third-order valence-electron chi connectivity index (χ3n) is 2.52. The zero-order valence-electron chi connectivity index (χ0n) is 9.75. The lowest BCUT2D eigenvalue weighted by Crippen LogP contribution is -2.43. The second kappa shape index (κ2) is 7.52.